The molecule has 0 amide bonds. The Kier molecular flexibility index (Phi) is 9.20. The lowest BCUT2D eigenvalue weighted by Gasteiger charge is -2.38. The van der Waals surface area contributed by atoms with Crippen molar-refractivity contribution in [3.8, 4) is 11.5 Å². The van der Waals surface area contributed by atoms with E-state index in [0.717, 1.165) is 54.8 Å². The third kappa shape index (κ3) is 6.74. The van der Waals surface area contributed by atoms with Crippen molar-refractivity contribution in [2.45, 2.75) is 82.3 Å². The van der Waals surface area contributed by atoms with Crippen molar-refractivity contribution in [2.75, 3.05) is 40.6 Å². The lowest BCUT2D eigenvalue weighted by Crippen LogP contribution is -2.42. The molecule has 2 aromatic heterocycles. The van der Waals surface area contributed by atoms with Gasteiger partial charge in [-0.1, -0.05) is 19.6 Å². The molecule has 0 radical (unpaired) electrons. The Hall–Kier alpha value is -3.06. The Bertz CT molecular complexity index is 1510. The average molecular weight is 643 g/mol. The van der Waals surface area contributed by atoms with E-state index in [4.69, 9.17) is 33.8 Å². The van der Waals surface area contributed by atoms with Gasteiger partial charge in [0.25, 0.3) is 0 Å². The van der Waals surface area contributed by atoms with Crippen LogP contribution in [0.25, 0.3) is 11.0 Å². The number of fused-ring (bicyclic) bond motifs is 1. The number of aromatic nitrogens is 2. The van der Waals surface area contributed by atoms with Crippen LogP contribution in [0.3, 0.4) is 0 Å². The van der Waals surface area contributed by atoms with Gasteiger partial charge >= 0.3 is 0 Å². The molecule has 1 unspecified atom stereocenters. The van der Waals surface area contributed by atoms with Crippen LogP contribution in [-0.4, -0.2) is 81.3 Å². The lowest BCUT2D eigenvalue weighted by atomic mass is 9.89. The number of hydrogen-bond donors (Lipinski definition) is 0. The first-order valence-corrected chi connectivity index (χ1v) is 19.5. The minimum absolute atomic E-state index is 0.00634. The second-order valence-electron chi connectivity index (χ2n) is 13.5. The third-order valence-corrected chi connectivity index (χ3v) is 10.9. The van der Waals surface area contributed by atoms with E-state index < -0.39 is 25.5 Å². The van der Waals surface area contributed by atoms with Crippen LogP contribution in [0, 0.1) is 11.6 Å². The van der Waals surface area contributed by atoms with E-state index in [9.17, 15) is 0 Å². The number of rotatable bonds is 11. The molecule has 2 aliphatic heterocycles. The molecular formula is C33H44F2N4O5Si. The molecule has 3 aliphatic rings. The molecule has 3 aromatic rings. The number of halogens is 2. The van der Waals surface area contributed by atoms with E-state index in [2.05, 4.69) is 30.7 Å². The van der Waals surface area contributed by atoms with Crippen molar-refractivity contribution in [1.82, 2.24) is 14.6 Å². The molecule has 6 rings (SSSR count). The van der Waals surface area contributed by atoms with E-state index in [1.807, 2.05) is 23.2 Å². The van der Waals surface area contributed by atoms with Crippen LogP contribution in [0.1, 0.15) is 48.3 Å². The van der Waals surface area contributed by atoms with E-state index in [-0.39, 0.29) is 29.4 Å². The molecular weight excluding hydrogens is 598 g/mol. The normalized spacial score (nSPS) is 20.2. The Balaban J connectivity index is 1.26. The van der Waals surface area contributed by atoms with Crippen LogP contribution in [0.5, 0.6) is 11.5 Å². The fraction of sp³-hybridized carbons (Fsp3) is 0.576. The van der Waals surface area contributed by atoms with Crippen LogP contribution in [0.15, 0.2) is 29.6 Å². The number of hydrogen-bond acceptors (Lipinski definition) is 8. The number of ether oxygens (including phenoxy) is 5. The summed E-state index contributed by atoms with van der Waals surface area (Å²) in [6, 6.07) is 4.69. The Morgan fingerprint density at radius 2 is 1.71 bits per heavy atom. The zero-order valence-corrected chi connectivity index (χ0v) is 27.9. The zero-order chi connectivity index (χ0) is 31.8. The molecule has 1 aliphatic carbocycles. The van der Waals surface area contributed by atoms with E-state index in [1.54, 1.807) is 0 Å². The summed E-state index contributed by atoms with van der Waals surface area (Å²) in [7, 11) is 1.45. The third-order valence-electron chi connectivity index (χ3n) is 9.23. The summed E-state index contributed by atoms with van der Waals surface area (Å²) in [5.41, 5.74) is 2.33. The fourth-order valence-electron chi connectivity index (χ4n) is 6.55. The first-order valence-electron chi connectivity index (χ1n) is 15.8. The highest BCUT2D eigenvalue weighted by atomic mass is 28.3. The highest BCUT2D eigenvalue weighted by molar-refractivity contribution is 6.76. The molecule has 1 saturated heterocycles. The van der Waals surface area contributed by atoms with Gasteiger partial charge in [0.05, 0.1) is 27.4 Å². The predicted molar refractivity (Wildman–Crippen MR) is 171 cm³/mol. The SMILES string of the molecule is COc1cc(OC)c(F)c(Cc2cn(COCC[Si](C)(C)C)c3ncc(C4C=NN(C5CCC6(CC5)OCCO6)C4)cc23)c1F. The summed E-state index contributed by atoms with van der Waals surface area (Å²) >= 11 is 0. The van der Waals surface area contributed by atoms with Gasteiger partial charge in [-0.15, -0.1) is 0 Å². The quantitative estimate of drug-likeness (QED) is 0.179. The lowest BCUT2D eigenvalue weighted by molar-refractivity contribution is -0.183. The maximum absolute atomic E-state index is 15.4. The van der Waals surface area contributed by atoms with E-state index in [0.29, 0.717) is 38.2 Å². The van der Waals surface area contributed by atoms with Gasteiger partial charge < -0.3 is 28.3 Å². The van der Waals surface area contributed by atoms with Crippen molar-refractivity contribution >= 4 is 25.3 Å². The molecule has 0 N–H and O–H groups in total. The maximum Gasteiger partial charge on any atom is 0.171 e. The van der Waals surface area contributed by atoms with Gasteiger partial charge in [0.1, 0.15) is 12.4 Å². The van der Waals surface area contributed by atoms with Gasteiger partial charge in [0, 0.05) is 88.1 Å². The van der Waals surface area contributed by atoms with Crippen LogP contribution in [0.2, 0.25) is 25.7 Å². The molecule has 1 saturated carbocycles. The Morgan fingerprint density at radius 3 is 2.36 bits per heavy atom. The van der Waals surface area contributed by atoms with Crippen molar-refractivity contribution in [3.63, 3.8) is 0 Å². The van der Waals surface area contributed by atoms with Crippen molar-refractivity contribution < 1.29 is 32.5 Å². The van der Waals surface area contributed by atoms with Gasteiger partial charge in [-0.3, -0.25) is 5.01 Å². The smallest absolute Gasteiger partial charge is 0.171 e. The molecule has 244 valence electrons. The highest BCUT2D eigenvalue weighted by Gasteiger charge is 2.42. The summed E-state index contributed by atoms with van der Waals surface area (Å²) in [4.78, 5) is 4.85. The number of hydrazone groups is 1. The van der Waals surface area contributed by atoms with Crippen molar-refractivity contribution in [3.05, 3.63) is 52.9 Å². The van der Waals surface area contributed by atoms with E-state index in [1.165, 1.54) is 20.3 Å². The molecule has 1 aromatic carbocycles. The van der Waals surface area contributed by atoms with Gasteiger partial charge in [0.15, 0.2) is 28.9 Å². The molecule has 0 bridgehead atoms. The van der Waals surface area contributed by atoms with Crippen molar-refractivity contribution in [1.29, 1.82) is 0 Å². The van der Waals surface area contributed by atoms with E-state index >= 15 is 8.78 Å². The Morgan fingerprint density at radius 1 is 1.02 bits per heavy atom. The van der Waals surface area contributed by atoms with Crippen LogP contribution in [0.4, 0.5) is 8.78 Å². The van der Waals surface area contributed by atoms with Crippen LogP contribution in [-0.2, 0) is 27.4 Å². The predicted octanol–water partition coefficient (Wildman–Crippen LogP) is 6.31. The zero-order valence-electron chi connectivity index (χ0n) is 26.9. The molecule has 2 fully saturated rings. The highest BCUT2D eigenvalue weighted by Crippen LogP contribution is 2.39. The fourth-order valence-corrected chi connectivity index (χ4v) is 7.30. The summed E-state index contributed by atoms with van der Waals surface area (Å²) in [6.07, 6.45) is 9.44. The minimum Gasteiger partial charge on any atom is -0.494 e. The summed E-state index contributed by atoms with van der Waals surface area (Å²) in [6.45, 7) is 9.97. The number of methoxy groups -OCH3 is 2. The van der Waals surface area contributed by atoms with Gasteiger partial charge in [-0.25, -0.2) is 13.8 Å². The van der Waals surface area contributed by atoms with Gasteiger partial charge in [-0.05, 0) is 36.1 Å². The molecule has 12 heteroatoms. The monoisotopic (exact) mass is 642 g/mol. The molecule has 4 heterocycles. The standard InChI is InChI=1S/C33H44F2N4O5Si/c1-40-28-16-29(41-2)31(35)27(30(28)34)15-23-19-38(21-42-12-13-45(3,4)5)32-26(23)14-22(17-36-32)24-18-37-39(20-24)25-6-8-33(9-7-25)43-10-11-44-33/h14,16-19,24-25H,6-13,15,20-21H2,1-5H3. The topological polar surface area (TPSA) is 79.6 Å². The van der Waals surface area contributed by atoms with Gasteiger partial charge in [-0.2, -0.15) is 5.10 Å². The average Bonchev–Trinajstić information content (AvgIpc) is 3.77. The number of benzene rings is 1. The molecule has 1 atom stereocenters. The van der Waals surface area contributed by atoms with Crippen molar-refractivity contribution in [2.24, 2.45) is 5.10 Å². The summed E-state index contributed by atoms with van der Waals surface area (Å²) in [5, 5.41) is 7.79. The number of pyridine rings is 1. The molecule has 9 nitrogen and oxygen atoms in total. The number of nitrogens with zero attached hydrogens (tertiary/aromatic N) is 4. The summed E-state index contributed by atoms with van der Waals surface area (Å²) in [5.74, 6) is -1.97. The first kappa shape index (κ1) is 31.9. The van der Waals surface area contributed by atoms with Crippen LogP contribution >= 0.6 is 0 Å². The maximum atomic E-state index is 15.4. The first-order chi connectivity index (χ1) is 21.6. The largest absolute Gasteiger partial charge is 0.494 e. The summed E-state index contributed by atoms with van der Waals surface area (Å²) < 4.78 is 61.1. The second-order valence-corrected chi connectivity index (χ2v) is 19.1. The van der Waals surface area contributed by atoms with Gasteiger partial charge in [0.2, 0.25) is 0 Å². The molecule has 1 spiro atoms. The Labute approximate surface area is 264 Å². The van der Waals surface area contributed by atoms with Crippen LogP contribution < -0.4 is 9.47 Å². The minimum atomic E-state index is -1.26. The second kappa shape index (κ2) is 13.0. The molecule has 45 heavy (non-hydrogen) atoms.